The van der Waals surface area contributed by atoms with Crippen LogP contribution >= 0.6 is 0 Å². The van der Waals surface area contributed by atoms with Crippen molar-refractivity contribution >= 4 is 29.0 Å². The molecule has 1 amide bonds. The van der Waals surface area contributed by atoms with Gasteiger partial charge in [0.25, 0.3) is 0 Å². The molecule has 0 spiro atoms. The summed E-state index contributed by atoms with van der Waals surface area (Å²) in [6.45, 7) is 1.08. The molecule has 0 radical (unpaired) electrons. The van der Waals surface area contributed by atoms with Crippen molar-refractivity contribution in [3.05, 3.63) is 28.7 Å². The number of hydrogen-bond donors (Lipinski definition) is 1. The number of nitrogens with one attached hydrogen (secondary N) is 1. The minimum Gasteiger partial charge on any atom is -0.408 e. The molecular weight excluding hydrogens is 321 g/mol. The lowest BCUT2D eigenvalue weighted by Crippen LogP contribution is -2.33. The zero-order valence-electron chi connectivity index (χ0n) is 12.9. The zero-order valence-corrected chi connectivity index (χ0v) is 12.9. The van der Waals surface area contributed by atoms with Crippen molar-refractivity contribution in [2.24, 2.45) is 0 Å². The number of aldehydes is 1. The van der Waals surface area contributed by atoms with E-state index in [9.17, 15) is 18.8 Å². The van der Waals surface area contributed by atoms with Crippen LogP contribution in [0.15, 0.2) is 27.4 Å². The topological polar surface area (TPSA) is 93.8 Å². The molecule has 2 aromatic rings. The van der Waals surface area contributed by atoms with Crippen LogP contribution in [0.5, 0.6) is 0 Å². The van der Waals surface area contributed by atoms with E-state index in [0.717, 1.165) is 4.57 Å². The number of amides is 1. The van der Waals surface area contributed by atoms with E-state index in [1.165, 1.54) is 6.92 Å². The summed E-state index contributed by atoms with van der Waals surface area (Å²) in [7, 11) is 0. The number of rotatable bonds is 5. The molecule has 0 saturated carbocycles. The Hall–Kier alpha value is -2.68. The lowest BCUT2D eigenvalue weighted by Gasteiger charge is -2.20. The number of aromatic nitrogens is 1. The molecule has 1 fully saturated rings. The number of anilines is 1. The van der Waals surface area contributed by atoms with Crippen molar-refractivity contribution in [2.75, 3.05) is 18.0 Å². The van der Waals surface area contributed by atoms with Crippen molar-refractivity contribution in [3.63, 3.8) is 0 Å². The molecule has 0 bridgehead atoms. The maximum Gasteiger partial charge on any atom is 0.422 e. The van der Waals surface area contributed by atoms with Crippen molar-refractivity contribution in [1.82, 2.24) is 9.88 Å². The van der Waals surface area contributed by atoms with Crippen LogP contribution in [-0.2, 0) is 21.1 Å². The van der Waals surface area contributed by atoms with E-state index < -0.39 is 18.8 Å². The largest absolute Gasteiger partial charge is 0.422 e. The summed E-state index contributed by atoms with van der Waals surface area (Å²) >= 11 is 0. The van der Waals surface area contributed by atoms with Crippen LogP contribution in [0, 0.1) is 0 Å². The summed E-state index contributed by atoms with van der Waals surface area (Å²) in [6.07, 6.45) is -0.501. The third-order valence-corrected chi connectivity index (χ3v) is 3.84. The molecule has 1 aromatic heterocycles. The molecule has 1 N–H and O–H groups in total. The van der Waals surface area contributed by atoms with E-state index in [1.54, 1.807) is 23.1 Å². The Labute approximate surface area is 135 Å². The van der Waals surface area contributed by atoms with Crippen LogP contribution in [0.2, 0.25) is 0 Å². The van der Waals surface area contributed by atoms with Crippen molar-refractivity contribution < 1.29 is 23.1 Å². The number of ether oxygens (including phenoxy) is 1. The Kier molecular flexibility index (Phi) is 4.34. The fourth-order valence-corrected chi connectivity index (χ4v) is 2.71. The molecule has 3 rings (SSSR count). The molecule has 2 atom stereocenters. The molecule has 1 aromatic carbocycles. The number of carbonyl (C=O) groups is 2. The predicted octanol–water partition coefficient (Wildman–Crippen LogP) is 0.388. The standard InChI is InChI=1S/C15H16FN3O5/c1-9(21)17-5-11-6-18(14(7-20)23-11)10-2-3-12-13(4-10)24-15(22)19(12)8-16/h2-4,7,11,14H,5-6,8H2,1H3,(H,17,21)/t11-,14?/m0/s1. The van der Waals surface area contributed by atoms with Gasteiger partial charge in [-0.15, -0.1) is 0 Å². The first kappa shape index (κ1) is 16.2. The van der Waals surface area contributed by atoms with Gasteiger partial charge in [0.1, 0.15) is 0 Å². The number of fused-ring (bicyclic) bond motifs is 1. The second-order valence-corrected chi connectivity index (χ2v) is 5.44. The lowest BCUT2D eigenvalue weighted by atomic mass is 10.2. The van der Waals surface area contributed by atoms with Crippen LogP contribution in [0.25, 0.3) is 11.1 Å². The van der Waals surface area contributed by atoms with Crippen molar-refractivity contribution in [1.29, 1.82) is 0 Å². The molecule has 9 heteroatoms. The lowest BCUT2D eigenvalue weighted by molar-refractivity contribution is -0.120. The SMILES string of the molecule is CC(=O)NC[C@H]1CN(c2ccc3c(c2)oc(=O)n3CF)C(C=O)O1. The van der Waals surface area contributed by atoms with E-state index in [1.807, 2.05) is 0 Å². The monoisotopic (exact) mass is 337 g/mol. The third kappa shape index (κ3) is 2.90. The molecule has 2 heterocycles. The Morgan fingerprint density at radius 2 is 2.29 bits per heavy atom. The second-order valence-electron chi connectivity index (χ2n) is 5.44. The van der Waals surface area contributed by atoms with E-state index in [4.69, 9.17) is 9.15 Å². The number of alkyl halides is 1. The highest BCUT2D eigenvalue weighted by molar-refractivity contribution is 5.79. The summed E-state index contributed by atoms with van der Waals surface area (Å²) in [5, 5.41) is 2.64. The Bertz CT molecular complexity index is 830. The molecule has 1 unspecified atom stereocenters. The quantitative estimate of drug-likeness (QED) is 0.793. The van der Waals surface area contributed by atoms with Gasteiger partial charge in [0.2, 0.25) is 5.91 Å². The molecule has 0 aliphatic carbocycles. The van der Waals surface area contributed by atoms with Gasteiger partial charge in [-0.05, 0) is 12.1 Å². The fourth-order valence-electron chi connectivity index (χ4n) is 2.71. The number of hydrogen-bond acceptors (Lipinski definition) is 6. The van der Waals surface area contributed by atoms with Gasteiger partial charge in [-0.2, -0.15) is 0 Å². The van der Waals surface area contributed by atoms with Crippen LogP contribution < -0.4 is 16.0 Å². The van der Waals surface area contributed by atoms with Crippen LogP contribution in [0.3, 0.4) is 0 Å². The summed E-state index contributed by atoms with van der Waals surface area (Å²) in [5.41, 5.74) is 1.17. The van der Waals surface area contributed by atoms with Gasteiger partial charge in [0.05, 0.1) is 11.6 Å². The number of carbonyl (C=O) groups excluding carboxylic acids is 2. The predicted molar refractivity (Wildman–Crippen MR) is 82.3 cm³/mol. The average molecular weight is 337 g/mol. The summed E-state index contributed by atoms with van der Waals surface area (Å²) in [4.78, 5) is 35.5. The Balaban J connectivity index is 1.87. The molecule has 128 valence electrons. The molecule has 1 aliphatic heterocycles. The van der Waals surface area contributed by atoms with Gasteiger partial charge in [-0.1, -0.05) is 0 Å². The van der Waals surface area contributed by atoms with E-state index in [2.05, 4.69) is 5.32 Å². The molecule has 24 heavy (non-hydrogen) atoms. The van der Waals surface area contributed by atoms with Crippen molar-refractivity contribution in [3.8, 4) is 0 Å². The molecule has 1 aliphatic rings. The number of nitrogens with zero attached hydrogens (tertiary/aromatic N) is 2. The highest BCUT2D eigenvalue weighted by Gasteiger charge is 2.33. The molecular formula is C15H16FN3O5. The van der Waals surface area contributed by atoms with Gasteiger partial charge in [-0.3, -0.25) is 9.59 Å². The van der Waals surface area contributed by atoms with E-state index in [0.29, 0.717) is 24.0 Å². The van der Waals surface area contributed by atoms with E-state index >= 15 is 0 Å². The van der Waals surface area contributed by atoms with Crippen LogP contribution in [0.1, 0.15) is 6.92 Å². The summed E-state index contributed by atoms with van der Waals surface area (Å²) in [6, 6.07) is 4.77. The maximum absolute atomic E-state index is 12.9. The first-order chi connectivity index (χ1) is 11.5. The fraction of sp³-hybridized carbons (Fsp3) is 0.400. The Morgan fingerprint density at radius 1 is 1.50 bits per heavy atom. The zero-order chi connectivity index (χ0) is 17.3. The van der Waals surface area contributed by atoms with Crippen molar-refractivity contribution in [2.45, 2.75) is 26.1 Å². The third-order valence-electron chi connectivity index (χ3n) is 3.84. The van der Waals surface area contributed by atoms with Gasteiger partial charge < -0.3 is 19.4 Å². The second kappa shape index (κ2) is 6.44. The minimum absolute atomic E-state index is 0.185. The highest BCUT2D eigenvalue weighted by Crippen LogP contribution is 2.27. The first-order valence-corrected chi connectivity index (χ1v) is 7.34. The van der Waals surface area contributed by atoms with Gasteiger partial charge in [-0.25, -0.2) is 13.8 Å². The van der Waals surface area contributed by atoms with Crippen LogP contribution in [-0.4, -0.2) is 42.2 Å². The average Bonchev–Trinajstić information content (AvgIpc) is 3.11. The number of oxazole rings is 1. The van der Waals surface area contributed by atoms with Gasteiger partial charge >= 0.3 is 5.76 Å². The highest BCUT2D eigenvalue weighted by atomic mass is 19.1. The summed E-state index contributed by atoms with van der Waals surface area (Å²) < 4.78 is 24.3. The normalized spacial score (nSPS) is 20.5. The van der Waals surface area contributed by atoms with Gasteiger partial charge in [0.15, 0.2) is 24.9 Å². The first-order valence-electron chi connectivity index (χ1n) is 7.34. The number of benzene rings is 1. The molecule has 8 nitrogen and oxygen atoms in total. The minimum atomic E-state index is -0.978. The van der Waals surface area contributed by atoms with Crippen LogP contribution in [0.4, 0.5) is 10.1 Å². The number of halogens is 1. The summed E-state index contributed by atoms with van der Waals surface area (Å²) in [5.74, 6) is -0.965. The maximum atomic E-state index is 12.9. The van der Waals surface area contributed by atoms with Gasteiger partial charge in [0, 0.05) is 31.8 Å². The molecule has 1 saturated heterocycles. The van der Waals surface area contributed by atoms with E-state index in [-0.39, 0.29) is 24.1 Å². The smallest absolute Gasteiger partial charge is 0.408 e. The Morgan fingerprint density at radius 3 is 2.96 bits per heavy atom.